The van der Waals surface area contributed by atoms with Gasteiger partial charge in [0, 0.05) is 0 Å². The first-order valence-electron chi connectivity index (χ1n) is 11.9. The number of benzene rings is 4. The van der Waals surface area contributed by atoms with Crippen LogP contribution in [0, 0.1) is 0 Å². The molecule has 0 saturated carbocycles. The summed E-state index contributed by atoms with van der Waals surface area (Å²) in [7, 11) is 0. The highest BCUT2D eigenvalue weighted by Crippen LogP contribution is 2.47. The van der Waals surface area contributed by atoms with Crippen molar-refractivity contribution in [2.45, 2.75) is 34.1 Å². The van der Waals surface area contributed by atoms with Crippen molar-refractivity contribution in [3.05, 3.63) is 144 Å². The average Bonchev–Trinajstić information content (AvgIpc) is 2.94. The molecule has 0 saturated heterocycles. The second kappa shape index (κ2) is 11.4. The van der Waals surface area contributed by atoms with Gasteiger partial charge in [0.1, 0.15) is 11.2 Å². The quantitative estimate of drug-likeness (QED) is 0.174. The molecule has 0 bridgehead atoms. The minimum absolute atomic E-state index is 0.721. The normalized spacial score (nSPS) is 12.8. The zero-order valence-corrected chi connectivity index (χ0v) is 23.8. The minimum Gasteiger partial charge on any atom is -0.324 e. The Labute approximate surface area is 243 Å². The van der Waals surface area contributed by atoms with Crippen LogP contribution in [0.15, 0.2) is 121 Å². The first kappa shape index (κ1) is 28.6. The minimum atomic E-state index is -2.49. The van der Waals surface area contributed by atoms with Gasteiger partial charge in [-0.2, -0.15) is 0 Å². The number of rotatable bonds is 10. The van der Waals surface area contributed by atoms with E-state index in [0.717, 1.165) is 22.3 Å². The van der Waals surface area contributed by atoms with Gasteiger partial charge in [-0.15, -0.1) is 0 Å². The van der Waals surface area contributed by atoms with E-state index in [4.69, 9.17) is 55.9 Å². The first-order valence-corrected chi connectivity index (χ1v) is 13.4. The van der Waals surface area contributed by atoms with E-state index < -0.39 is 26.0 Å². The maximum Gasteiger partial charge on any atom is 0.285 e. The summed E-state index contributed by atoms with van der Waals surface area (Å²) in [5.74, 6) is -1.08. The summed E-state index contributed by atoms with van der Waals surface area (Å²) in [6.07, 6.45) is 0. The van der Waals surface area contributed by atoms with Crippen LogP contribution in [-0.4, -0.2) is 14.8 Å². The van der Waals surface area contributed by atoms with Gasteiger partial charge in [-0.05, 0) is 36.1 Å². The smallest absolute Gasteiger partial charge is 0.285 e. The zero-order valence-electron chi connectivity index (χ0n) is 20.8. The van der Waals surface area contributed by atoms with Crippen LogP contribution in [0.2, 0.25) is 0 Å². The summed E-state index contributed by atoms with van der Waals surface area (Å²) < 4.78 is 7.43. The molecule has 0 fully saturated rings. The molecule has 0 N–H and O–H groups in total. The molecule has 3 nitrogen and oxygen atoms in total. The average molecular weight is 588 g/mol. The molecular weight excluding hydrogens is 562 g/mol. The van der Waals surface area contributed by atoms with Crippen molar-refractivity contribution in [2.75, 3.05) is 0 Å². The third-order valence-corrected chi connectivity index (χ3v) is 7.49. The fourth-order valence-electron chi connectivity index (χ4n) is 4.37. The lowest BCUT2D eigenvalue weighted by atomic mass is 9.87. The van der Waals surface area contributed by atoms with Gasteiger partial charge >= 0.3 is 0 Å². The molecule has 4 aromatic rings. The molecule has 0 amide bonds. The predicted molar refractivity (Wildman–Crippen MR) is 155 cm³/mol. The van der Waals surface area contributed by atoms with Crippen molar-refractivity contribution >= 4 is 52.2 Å². The molecule has 0 radical (unpaired) electrons. The van der Waals surface area contributed by atoms with Crippen LogP contribution in [0.25, 0.3) is 0 Å². The van der Waals surface area contributed by atoms with E-state index in [1.807, 2.05) is 121 Å². The van der Waals surface area contributed by atoms with Crippen LogP contribution in [-0.2, 0) is 25.5 Å². The van der Waals surface area contributed by atoms with Gasteiger partial charge in [-0.1, -0.05) is 168 Å². The van der Waals surface area contributed by atoms with Gasteiger partial charge < -0.3 is 9.47 Å². The number of halogens is 4. The highest BCUT2D eigenvalue weighted by Gasteiger charge is 2.55. The van der Waals surface area contributed by atoms with E-state index in [9.17, 15) is 4.79 Å². The lowest BCUT2D eigenvalue weighted by Crippen LogP contribution is -2.50. The third kappa shape index (κ3) is 5.94. The van der Waals surface area contributed by atoms with Gasteiger partial charge in [0.25, 0.3) is 14.8 Å². The number of alkyl halides is 4. The van der Waals surface area contributed by atoms with E-state index in [1.54, 1.807) is 13.8 Å². The molecule has 0 aliphatic carbocycles. The van der Waals surface area contributed by atoms with Gasteiger partial charge in [0.05, 0.1) is 0 Å². The molecule has 0 aliphatic heterocycles. The molecule has 0 unspecified atom stereocenters. The van der Waals surface area contributed by atoms with Crippen molar-refractivity contribution in [3.63, 3.8) is 0 Å². The largest absolute Gasteiger partial charge is 0.324 e. The topological polar surface area (TPSA) is 35.5 Å². The Balaban J connectivity index is 1.71. The second-order valence-electron chi connectivity index (χ2n) is 9.10. The number of hydrogen-bond donors (Lipinski definition) is 0. The molecule has 4 aromatic carbocycles. The van der Waals surface area contributed by atoms with Crippen molar-refractivity contribution in [1.82, 2.24) is 0 Å². The van der Waals surface area contributed by atoms with Gasteiger partial charge in [0.15, 0.2) is 0 Å². The summed E-state index contributed by atoms with van der Waals surface area (Å²) >= 11 is 26.5. The Morgan fingerprint density at radius 1 is 0.474 bits per heavy atom. The van der Waals surface area contributed by atoms with Crippen LogP contribution in [0.1, 0.15) is 36.1 Å². The molecule has 0 atom stereocenters. The Morgan fingerprint density at radius 2 is 0.684 bits per heavy atom. The van der Waals surface area contributed by atoms with E-state index in [1.165, 1.54) is 0 Å². The van der Waals surface area contributed by atoms with Crippen LogP contribution < -0.4 is 0 Å². The summed E-state index contributed by atoms with van der Waals surface area (Å²) in [5, 5.41) is 0. The summed E-state index contributed by atoms with van der Waals surface area (Å²) in [6, 6.07) is 37.2. The van der Waals surface area contributed by atoms with E-state index >= 15 is 0 Å². The van der Waals surface area contributed by atoms with E-state index in [-0.39, 0.29) is 0 Å². The molecule has 0 spiro atoms. The fraction of sp³-hybridized carbons (Fsp3) is 0.194. The molecule has 196 valence electrons. The van der Waals surface area contributed by atoms with Crippen LogP contribution in [0.4, 0.5) is 0 Å². The van der Waals surface area contributed by atoms with Crippen molar-refractivity contribution in [2.24, 2.45) is 0 Å². The monoisotopic (exact) mass is 586 g/mol. The van der Waals surface area contributed by atoms with Gasteiger partial charge in [-0.3, -0.25) is 4.79 Å². The third-order valence-electron chi connectivity index (χ3n) is 6.49. The maximum absolute atomic E-state index is 13.8. The van der Waals surface area contributed by atoms with Crippen molar-refractivity contribution in [3.8, 4) is 0 Å². The van der Waals surface area contributed by atoms with Crippen molar-refractivity contribution < 1.29 is 14.3 Å². The van der Waals surface area contributed by atoms with Crippen LogP contribution in [0.5, 0.6) is 0 Å². The van der Waals surface area contributed by atoms with Crippen molar-refractivity contribution in [1.29, 1.82) is 0 Å². The molecule has 38 heavy (non-hydrogen) atoms. The molecule has 0 aromatic heterocycles. The van der Waals surface area contributed by atoms with Gasteiger partial charge in [-0.25, -0.2) is 0 Å². The van der Waals surface area contributed by atoms with E-state index in [0.29, 0.717) is 0 Å². The summed E-state index contributed by atoms with van der Waals surface area (Å²) in [6.45, 7) is 3.54. The molecule has 0 heterocycles. The highest BCUT2D eigenvalue weighted by atomic mass is 35.5. The first-order chi connectivity index (χ1) is 18.0. The molecule has 4 rings (SSSR count). The maximum atomic E-state index is 13.8. The fourth-order valence-corrected chi connectivity index (χ4v) is 5.71. The Bertz CT molecular complexity index is 1160. The number of ketones is 1. The second-order valence-corrected chi connectivity index (χ2v) is 11.6. The highest BCUT2D eigenvalue weighted by molar-refractivity contribution is 6.67. The summed E-state index contributed by atoms with van der Waals surface area (Å²) in [4.78, 5) is 13.8. The molecular formula is C31H26Cl4O3. The SMILES string of the molecule is CC(OC(Cl)(Cl)C(=O)C(Cl)(Cl)OC(C)(c1ccccc1)c1ccccc1)(c1ccccc1)c1ccccc1. The van der Waals surface area contributed by atoms with E-state index in [2.05, 4.69) is 0 Å². The Morgan fingerprint density at radius 3 is 0.895 bits per heavy atom. The Hall–Kier alpha value is -2.37. The number of Topliss-reactive ketones (excluding diaryl/α,β-unsaturated/α-hetero) is 1. The number of hydrogen-bond acceptors (Lipinski definition) is 3. The lowest BCUT2D eigenvalue weighted by molar-refractivity contribution is -0.154. The van der Waals surface area contributed by atoms with Gasteiger partial charge in [0.2, 0.25) is 0 Å². The number of carbonyl (C=O) groups is 1. The molecule has 0 aliphatic rings. The Kier molecular flexibility index (Phi) is 8.59. The van der Waals surface area contributed by atoms with Crippen LogP contribution >= 0.6 is 46.4 Å². The standard InChI is InChI=1S/C31H26Cl4O3/c1-28(23-15-7-3-8-16-23,24-17-9-4-10-18-24)37-30(32,33)27(36)31(34,35)38-29(2,25-19-11-5-12-20-25)26-21-13-6-14-22-26/h3-22H,1-2H3. The number of carbonyl (C=O) groups excluding carboxylic acids is 1. The summed E-state index contributed by atoms with van der Waals surface area (Å²) in [5.41, 5.74) is 0.427. The van der Waals surface area contributed by atoms with Crippen LogP contribution in [0.3, 0.4) is 0 Å². The zero-order chi connectivity index (χ0) is 27.4. The lowest BCUT2D eigenvalue weighted by Gasteiger charge is -2.40. The predicted octanol–water partition coefficient (Wildman–Crippen LogP) is 8.78. The molecule has 7 heteroatoms. The number of ether oxygens (including phenoxy) is 2.